The molecule has 4 rings (SSSR count). The summed E-state index contributed by atoms with van der Waals surface area (Å²) in [5.41, 5.74) is 2.43. The highest BCUT2D eigenvalue weighted by Crippen LogP contribution is 2.37. The standard InChI is InChI=1S/C22H25FN2O2/c1-22(11-12-24-13-15-27-22)21(26)25-14-10-16-4-2-3-5-19(16)20(25)17-6-8-18(23)9-7-17/h2-9,20,24H,10-15H2,1H3/t20-,22+/m0/s1. The topological polar surface area (TPSA) is 41.6 Å². The molecule has 2 heterocycles. The van der Waals surface area contributed by atoms with Gasteiger partial charge in [-0.15, -0.1) is 0 Å². The van der Waals surface area contributed by atoms with Crippen LogP contribution in [0.3, 0.4) is 0 Å². The number of fused-ring (bicyclic) bond motifs is 1. The zero-order valence-corrected chi connectivity index (χ0v) is 15.6. The van der Waals surface area contributed by atoms with Crippen LogP contribution in [0.4, 0.5) is 4.39 Å². The van der Waals surface area contributed by atoms with E-state index < -0.39 is 5.60 Å². The highest BCUT2D eigenvalue weighted by atomic mass is 19.1. The number of benzene rings is 2. The predicted octanol–water partition coefficient (Wildman–Crippen LogP) is 3.07. The highest BCUT2D eigenvalue weighted by Gasteiger charge is 2.42. The van der Waals surface area contributed by atoms with Gasteiger partial charge in [0.1, 0.15) is 11.4 Å². The molecule has 1 saturated heterocycles. The molecule has 0 saturated carbocycles. The Labute approximate surface area is 159 Å². The van der Waals surface area contributed by atoms with Gasteiger partial charge >= 0.3 is 0 Å². The van der Waals surface area contributed by atoms with Crippen molar-refractivity contribution in [3.63, 3.8) is 0 Å². The van der Waals surface area contributed by atoms with Crippen molar-refractivity contribution in [2.24, 2.45) is 0 Å². The lowest BCUT2D eigenvalue weighted by molar-refractivity contribution is -0.158. The van der Waals surface area contributed by atoms with Crippen LogP contribution in [0.1, 0.15) is 36.1 Å². The summed E-state index contributed by atoms with van der Waals surface area (Å²) in [6, 6.07) is 14.5. The van der Waals surface area contributed by atoms with E-state index in [-0.39, 0.29) is 17.8 Å². The van der Waals surface area contributed by atoms with Crippen molar-refractivity contribution in [2.75, 3.05) is 26.2 Å². The maximum Gasteiger partial charge on any atom is 0.255 e. The minimum atomic E-state index is -0.839. The van der Waals surface area contributed by atoms with E-state index in [4.69, 9.17) is 4.74 Å². The number of nitrogens with zero attached hydrogens (tertiary/aromatic N) is 1. The number of rotatable bonds is 2. The van der Waals surface area contributed by atoms with E-state index in [1.807, 2.05) is 24.0 Å². The zero-order valence-electron chi connectivity index (χ0n) is 15.6. The first-order chi connectivity index (χ1) is 13.1. The van der Waals surface area contributed by atoms with Crippen molar-refractivity contribution in [1.82, 2.24) is 10.2 Å². The third kappa shape index (κ3) is 3.49. The van der Waals surface area contributed by atoms with Crippen LogP contribution in [0, 0.1) is 5.82 Å². The molecule has 0 aromatic heterocycles. The molecule has 4 nitrogen and oxygen atoms in total. The Bertz CT molecular complexity index is 813. The molecule has 0 spiro atoms. The van der Waals surface area contributed by atoms with E-state index in [1.54, 1.807) is 12.1 Å². The van der Waals surface area contributed by atoms with Gasteiger partial charge in [0, 0.05) is 13.1 Å². The summed E-state index contributed by atoms with van der Waals surface area (Å²) in [5.74, 6) is -0.263. The predicted molar refractivity (Wildman–Crippen MR) is 102 cm³/mol. The van der Waals surface area contributed by atoms with Gasteiger partial charge in [0.2, 0.25) is 0 Å². The summed E-state index contributed by atoms with van der Waals surface area (Å²) < 4.78 is 19.5. The van der Waals surface area contributed by atoms with E-state index >= 15 is 0 Å². The normalized spacial score (nSPS) is 25.6. The lowest BCUT2D eigenvalue weighted by Gasteiger charge is -2.42. The van der Waals surface area contributed by atoms with Crippen LogP contribution in [-0.2, 0) is 16.0 Å². The number of hydrogen-bond acceptors (Lipinski definition) is 3. The summed E-state index contributed by atoms with van der Waals surface area (Å²) in [7, 11) is 0. The molecule has 1 amide bonds. The summed E-state index contributed by atoms with van der Waals surface area (Å²) in [6.07, 6.45) is 1.45. The molecule has 2 aliphatic heterocycles. The Balaban J connectivity index is 1.74. The van der Waals surface area contributed by atoms with Gasteiger partial charge in [0.25, 0.3) is 5.91 Å². The average Bonchev–Trinajstić information content (AvgIpc) is 2.93. The number of nitrogens with one attached hydrogen (secondary N) is 1. The van der Waals surface area contributed by atoms with Crippen molar-refractivity contribution >= 4 is 5.91 Å². The van der Waals surface area contributed by atoms with Crippen molar-refractivity contribution in [2.45, 2.75) is 31.4 Å². The van der Waals surface area contributed by atoms with Crippen LogP contribution >= 0.6 is 0 Å². The number of halogens is 1. The Morgan fingerprint density at radius 1 is 1.19 bits per heavy atom. The molecule has 27 heavy (non-hydrogen) atoms. The molecule has 0 unspecified atom stereocenters. The summed E-state index contributed by atoms with van der Waals surface area (Å²) >= 11 is 0. The second-order valence-corrected chi connectivity index (χ2v) is 7.48. The van der Waals surface area contributed by atoms with Crippen LogP contribution in [0.15, 0.2) is 48.5 Å². The molecule has 1 N–H and O–H groups in total. The SMILES string of the molecule is C[C@]1(C(=O)N2CCc3ccccc3[C@@H]2c2ccc(F)cc2)CCNCCO1. The van der Waals surface area contributed by atoms with Gasteiger partial charge in [-0.25, -0.2) is 4.39 Å². The molecule has 2 aliphatic rings. The summed E-state index contributed by atoms with van der Waals surface area (Å²) in [6.45, 7) is 4.56. The van der Waals surface area contributed by atoms with Crippen molar-refractivity contribution in [3.8, 4) is 0 Å². The fourth-order valence-corrected chi connectivity index (χ4v) is 4.13. The molecule has 0 radical (unpaired) electrons. The average molecular weight is 368 g/mol. The number of amides is 1. The maximum absolute atomic E-state index is 13.6. The molecule has 142 valence electrons. The molecule has 2 atom stereocenters. The Hall–Kier alpha value is -2.24. The highest BCUT2D eigenvalue weighted by molar-refractivity contribution is 5.86. The van der Waals surface area contributed by atoms with E-state index in [0.29, 0.717) is 19.6 Å². The third-order valence-corrected chi connectivity index (χ3v) is 5.66. The first-order valence-corrected chi connectivity index (χ1v) is 9.57. The van der Waals surface area contributed by atoms with Crippen LogP contribution < -0.4 is 5.32 Å². The molecule has 5 heteroatoms. The van der Waals surface area contributed by atoms with Crippen molar-refractivity contribution in [3.05, 3.63) is 71.0 Å². The molecular weight excluding hydrogens is 343 g/mol. The van der Waals surface area contributed by atoms with Crippen LogP contribution in [0.5, 0.6) is 0 Å². The van der Waals surface area contributed by atoms with Crippen molar-refractivity contribution < 1.29 is 13.9 Å². The molecule has 1 fully saturated rings. The zero-order chi connectivity index (χ0) is 18.9. The largest absolute Gasteiger partial charge is 0.364 e. The number of ether oxygens (including phenoxy) is 1. The Morgan fingerprint density at radius 2 is 1.96 bits per heavy atom. The van der Waals surface area contributed by atoms with E-state index in [9.17, 15) is 9.18 Å². The summed E-state index contributed by atoms with van der Waals surface area (Å²) in [4.78, 5) is 15.5. The lowest BCUT2D eigenvalue weighted by atomic mass is 9.86. The summed E-state index contributed by atoms with van der Waals surface area (Å²) in [5, 5.41) is 3.29. The van der Waals surface area contributed by atoms with Gasteiger partial charge in [0.15, 0.2) is 0 Å². The fourth-order valence-electron chi connectivity index (χ4n) is 4.13. The van der Waals surface area contributed by atoms with Gasteiger partial charge in [-0.1, -0.05) is 36.4 Å². The van der Waals surface area contributed by atoms with Crippen LogP contribution in [-0.4, -0.2) is 42.6 Å². The second-order valence-electron chi connectivity index (χ2n) is 7.48. The Kier molecular flexibility index (Phi) is 4.98. The van der Waals surface area contributed by atoms with Gasteiger partial charge in [-0.3, -0.25) is 4.79 Å². The van der Waals surface area contributed by atoms with E-state index in [0.717, 1.165) is 30.6 Å². The number of hydrogen-bond donors (Lipinski definition) is 1. The quantitative estimate of drug-likeness (QED) is 0.886. The smallest absolute Gasteiger partial charge is 0.255 e. The molecule has 0 aliphatic carbocycles. The lowest BCUT2D eigenvalue weighted by Crippen LogP contribution is -2.52. The van der Waals surface area contributed by atoms with Crippen molar-refractivity contribution in [1.29, 1.82) is 0 Å². The Morgan fingerprint density at radius 3 is 2.78 bits per heavy atom. The first-order valence-electron chi connectivity index (χ1n) is 9.57. The molecular formula is C22H25FN2O2. The fraction of sp³-hybridized carbons (Fsp3) is 0.409. The third-order valence-electron chi connectivity index (χ3n) is 5.66. The van der Waals surface area contributed by atoms with Crippen LogP contribution in [0.25, 0.3) is 0 Å². The molecule has 0 bridgehead atoms. The first kappa shape index (κ1) is 18.1. The van der Waals surface area contributed by atoms with Crippen LogP contribution in [0.2, 0.25) is 0 Å². The monoisotopic (exact) mass is 368 g/mol. The minimum Gasteiger partial charge on any atom is -0.364 e. The number of carbonyl (C=O) groups is 1. The van der Waals surface area contributed by atoms with E-state index in [2.05, 4.69) is 17.4 Å². The van der Waals surface area contributed by atoms with E-state index in [1.165, 1.54) is 17.7 Å². The molecule has 2 aromatic carbocycles. The minimum absolute atomic E-state index is 0.00929. The second kappa shape index (κ2) is 7.41. The van der Waals surface area contributed by atoms with Gasteiger partial charge in [-0.05, 0) is 55.1 Å². The van der Waals surface area contributed by atoms with Gasteiger partial charge in [-0.2, -0.15) is 0 Å². The molecule has 2 aromatic rings. The van der Waals surface area contributed by atoms with Gasteiger partial charge in [0.05, 0.1) is 12.6 Å². The maximum atomic E-state index is 13.6. The van der Waals surface area contributed by atoms with Gasteiger partial charge < -0.3 is 15.0 Å². The number of carbonyl (C=O) groups excluding carboxylic acids is 1.